The van der Waals surface area contributed by atoms with Crippen LogP contribution in [0.15, 0.2) is 131 Å². The number of benzene rings is 4. The Labute approximate surface area is 342 Å². The van der Waals surface area contributed by atoms with Crippen LogP contribution < -0.4 is 16.0 Å². The zero-order valence-corrected chi connectivity index (χ0v) is 33.5. The number of amides is 1. The van der Waals surface area contributed by atoms with Crippen molar-refractivity contribution in [2.24, 2.45) is 7.05 Å². The van der Waals surface area contributed by atoms with Crippen molar-refractivity contribution >= 4 is 77.4 Å². The maximum absolute atomic E-state index is 14.3. The summed E-state index contributed by atoms with van der Waals surface area (Å²) in [5, 5.41) is 18.5. The molecule has 3 N–H and O–H groups in total. The Bertz CT molecular complexity index is 2960. The van der Waals surface area contributed by atoms with Gasteiger partial charge in [0.25, 0.3) is 0 Å². The van der Waals surface area contributed by atoms with Crippen LogP contribution in [0.5, 0.6) is 0 Å². The third kappa shape index (κ3) is 7.34. The van der Waals surface area contributed by atoms with Gasteiger partial charge in [-0.2, -0.15) is 19.2 Å². The number of aryl methyl sites for hydroxylation is 1. The van der Waals surface area contributed by atoms with Crippen LogP contribution in [0.2, 0.25) is 0 Å². The topological polar surface area (TPSA) is 131 Å². The van der Waals surface area contributed by atoms with Crippen molar-refractivity contribution in [2.75, 3.05) is 16.0 Å². The molecule has 12 nitrogen and oxygen atoms in total. The molecule has 0 spiro atoms. The second-order valence-corrected chi connectivity index (χ2v) is 15.2. The van der Waals surface area contributed by atoms with Crippen molar-refractivity contribution in [2.45, 2.75) is 19.5 Å². The molecule has 5 aromatic heterocycles. The molecule has 0 bridgehead atoms. The van der Waals surface area contributed by atoms with Crippen LogP contribution in [0.25, 0.3) is 44.8 Å². The van der Waals surface area contributed by atoms with E-state index in [4.69, 9.17) is 4.98 Å². The first-order valence-electron chi connectivity index (χ1n) is 18.0. The highest BCUT2D eigenvalue weighted by molar-refractivity contribution is 9.11. The van der Waals surface area contributed by atoms with Crippen molar-refractivity contribution in [3.05, 3.63) is 153 Å². The molecular weight excluding hydrogens is 853 g/mol. The molecule has 0 unspecified atom stereocenters. The van der Waals surface area contributed by atoms with E-state index in [9.17, 15) is 9.18 Å². The number of nitrogens with one attached hydrogen (secondary N) is 3. The molecule has 0 aliphatic carbocycles. The Kier molecular flexibility index (Phi) is 9.68. The van der Waals surface area contributed by atoms with Crippen molar-refractivity contribution in [1.82, 2.24) is 38.7 Å². The zero-order valence-electron chi connectivity index (χ0n) is 30.3. The van der Waals surface area contributed by atoms with Crippen molar-refractivity contribution in [1.29, 1.82) is 0 Å². The smallest absolute Gasteiger partial charge is 0.228 e. The van der Waals surface area contributed by atoms with Gasteiger partial charge in [0, 0.05) is 49.1 Å². The van der Waals surface area contributed by atoms with Crippen LogP contribution in [0, 0.1) is 5.82 Å². The average molecular weight is 886 g/mol. The standard InChI is InChI=1S/C21H15BrFN5O.C21H17BrN6/c22-15-11-25-28-19(9-18(27-21(15)28)14-3-1-2-4-16(14)23)24-10-12-5-6-17-13(7-12)8-20(29)26-17;1-27-13-24-18-9-14(7-8-19(18)27)11-23-20-10-17(15-5-3-2-4-6-15)26-21-16(22)12-25-28(20)21/h1-7,9,11,24H,8,10H2,(H,26,29);2-10,12-13,23H,11H2,1H3. The molecule has 282 valence electrons. The number of hydrogen-bond acceptors (Lipinski definition) is 8. The number of nitrogens with zero attached hydrogens (tertiary/aromatic N) is 8. The lowest BCUT2D eigenvalue weighted by Gasteiger charge is -2.12. The molecule has 9 aromatic rings. The number of halogens is 3. The molecule has 4 aromatic carbocycles. The summed E-state index contributed by atoms with van der Waals surface area (Å²) in [5.74, 6) is 1.25. The minimum absolute atomic E-state index is 0.0110. The zero-order chi connectivity index (χ0) is 39.0. The summed E-state index contributed by atoms with van der Waals surface area (Å²) in [7, 11) is 2.00. The molecule has 1 aliphatic rings. The molecule has 0 atom stereocenters. The van der Waals surface area contributed by atoms with E-state index in [1.54, 1.807) is 41.2 Å². The third-order valence-electron chi connectivity index (χ3n) is 9.61. The third-order valence-corrected chi connectivity index (χ3v) is 10.7. The summed E-state index contributed by atoms with van der Waals surface area (Å²) in [5.41, 5.74) is 10.4. The second kappa shape index (κ2) is 15.2. The first-order chi connectivity index (χ1) is 27.8. The van der Waals surface area contributed by atoms with Gasteiger partial charge in [-0.15, -0.1) is 0 Å². The number of fused-ring (bicyclic) bond motifs is 4. The quantitative estimate of drug-likeness (QED) is 0.138. The Morgan fingerprint density at radius 1 is 0.754 bits per heavy atom. The van der Waals surface area contributed by atoms with Gasteiger partial charge in [-0.1, -0.05) is 60.7 Å². The monoisotopic (exact) mass is 883 g/mol. The molecular formula is C42H32Br2FN11O. The van der Waals surface area contributed by atoms with E-state index >= 15 is 0 Å². The molecule has 1 aliphatic heterocycles. The number of rotatable bonds is 8. The van der Waals surface area contributed by atoms with E-state index < -0.39 is 0 Å². The number of carbonyl (C=O) groups excluding carboxylic acids is 1. The second-order valence-electron chi connectivity index (χ2n) is 13.5. The Balaban J connectivity index is 0.000000148. The number of carbonyl (C=O) groups is 1. The van der Waals surface area contributed by atoms with E-state index in [1.165, 1.54) is 6.07 Å². The summed E-state index contributed by atoms with van der Waals surface area (Å²) in [4.78, 5) is 25.3. The van der Waals surface area contributed by atoms with Crippen LogP contribution >= 0.6 is 31.9 Å². The van der Waals surface area contributed by atoms with Gasteiger partial charge >= 0.3 is 0 Å². The minimum atomic E-state index is -0.332. The summed E-state index contributed by atoms with van der Waals surface area (Å²) >= 11 is 7.00. The average Bonchev–Trinajstić information content (AvgIpc) is 4.01. The number of aromatic nitrogens is 8. The molecule has 0 saturated carbocycles. The molecule has 57 heavy (non-hydrogen) atoms. The van der Waals surface area contributed by atoms with E-state index in [0.717, 1.165) is 65.1 Å². The Hall–Kier alpha value is -6.45. The number of imidazole rings is 1. The number of hydrogen-bond donors (Lipinski definition) is 3. The molecule has 0 radical (unpaired) electrons. The molecule has 0 saturated heterocycles. The van der Waals surface area contributed by atoms with Gasteiger partial charge < -0.3 is 20.5 Å². The van der Waals surface area contributed by atoms with Crippen LogP contribution in [0.4, 0.5) is 21.7 Å². The van der Waals surface area contributed by atoms with Crippen LogP contribution in [-0.2, 0) is 31.4 Å². The molecule has 15 heteroatoms. The van der Waals surface area contributed by atoms with E-state index in [2.05, 4.69) is 98.3 Å². The van der Waals surface area contributed by atoms with Gasteiger partial charge in [-0.3, -0.25) is 4.79 Å². The van der Waals surface area contributed by atoms with E-state index in [0.29, 0.717) is 42.2 Å². The maximum Gasteiger partial charge on any atom is 0.228 e. The van der Waals surface area contributed by atoms with Crippen LogP contribution in [-0.4, -0.2) is 44.7 Å². The Morgan fingerprint density at radius 2 is 1.39 bits per heavy atom. The van der Waals surface area contributed by atoms with Crippen LogP contribution in [0.3, 0.4) is 0 Å². The van der Waals surface area contributed by atoms with Gasteiger partial charge in [0.2, 0.25) is 5.91 Å². The van der Waals surface area contributed by atoms with E-state index in [-0.39, 0.29) is 11.7 Å². The fourth-order valence-corrected chi connectivity index (χ4v) is 7.45. The number of anilines is 3. The normalized spacial score (nSPS) is 12.1. The van der Waals surface area contributed by atoms with Gasteiger partial charge in [-0.25, -0.2) is 19.3 Å². The Morgan fingerprint density at radius 3 is 2.11 bits per heavy atom. The lowest BCUT2D eigenvalue weighted by atomic mass is 10.1. The summed E-state index contributed by atoms with van der Waals surface area (Å²) in [6, 6.07) is 32.7. The van der Waals surface area contributed by atoms with Crippen molar-refractivity contribution in [3.63, 3.8) is 0 Å². The lowest BCUT2D eigenvalue weighted by Crippen LogP contribution is -2.07. The minimum Gasteiger partial charge on any atom is -0.366 e. The summed E-state index contributed by atoms with van der Waals surface area (Å²) < 4.78 is 21.4. The fourth-order valence-electron chi connectivity index (χ4n) is 6.76. The largest absolute Gasteiger partial charge is 0.366 e. The first-order valence-corrected chi connectivity index (χ1v) is 19.5. The highest BCUT2D eigenvalue weighted by Gasteiger charge is 2.18. The molecule has 6 heterocycles. The predicted octanol–water partition coefficient (Wildman–Crippen LogP) is 9.06. The molecule has 10 rings (SSSR count). The van der Waals surface area contributed by atoms with Crippen LogP contribution in [0.1, 0.15) is 16.7 Å². The van der Waals surface area contributed by atoms with Gasteiger partial charge in [0.05, 0.1) is 56.5 Å². The van der Waals surface area contributed by atoms with Gasteiger partial charge in [-0.05, 0) is 78.9 Å². The highest BCUT2D eigenvalue weighted by Crippen LogP contribution is 2.30. The van der Waals surface area contributed by atoms with Gasteiger partial charge in [0.15, 0.2) is 11.3 Å². The fraction of sp³-hybridized carbons (Fsp3) is 0.0952. The van der Waals surface area contributed by atoms with E-state index in [1.807, 2.05) is 64.9 Å². The molecule has 0 fully saturated rings. The van der Waals surface area contributed by atoms with Gasteiger partial charge in [0.1, 0.15) is 17.5 Å². The SMILES string of the molecule is Cn1cnc2cc(CNc3cc(-c4ccccc4)nc4c(Br)cnn34)ccc21.O=C1Cc2cc(CNc3cc(-c4ccccc4F)nc4c(Br)cnn34)ccc2N1. The summed E-state index contributed by atoms with van der Waals surface area (Å²) in [6.07, 6.45) is 5.65. The lowest BCUT2D eigenvalue weighted by molar-refractivity contribution is -0.115. The van der Waals surface area contributed by atoms with Crippen molar-refractivity contribution in [3.8, 4) is 22.5 Å². The predicted molar refractivity (Wildman–Crippen MR) is 226 cm³/mol. The molecule has 1 amide bonds. The maximum atomic E-state index is 14.3. The van der Waals surface area contributed by atoms with Crippen molar-refractivity contribution < 1.29 is 9.18 Å². The summed E-state index contributed by atoms with van der Waals surface area (Å²) in [6.45, 7) is 1.19. The first kappa shape index (κ1) is 36.2. The highest BCUT2D eigenvalue weighted by atomic mass is 79.9.